The van der Waals surface area contributed by atoms with Gasteiger partial charge in [0.25, 0.3) is 0 Å². The van der Waals surface area contributed by atoms with E-state index in [2.05, 4.69) is 20.6 Å². The SMILES string of the molecule is Nc1ccc(CCC(=O)Nc2cncc(Nc3ccc(-c4ccc(N5CCCC5=O)cc4)cn3)c2)cc1. The second-order valence-electron chi connectivity index (χ2n) is 9.00. The minimum absolute atomic E-state index is 0.0848. The van der Waals surface area contributed by atoms with E-state index in [1.807, 2.05) is 71.6 Å². The predicted molar refractivity (Wildman–Crippen MR) is 147 cm³/mol. The lowest BCUT2D eigenvalue weighted by atomic mass is 10.1. The fourth-order valence-electron chi connectivity index (χ4n) is 4.28. The molecule has 1 aliphatic rings. The lowest BCUT2D eigenvalue weighted by Gasteiger charge is -2.16. The van der Waals surface area contributed by atoms with Gasteiger partial charge >= 0.3 is 0 Å². The zero-order valence-electron chi connectivity index (χ0n) is 20.4. The van der Waals surface area contributed by atoms with Crippen molar-refractivity contribution < 1.29 is 9.59 Å². The molecule has 5 rings (SSSR count). The van der Waals surface area contributed by atoms with Crippen LogP contribution < -0.4 is 21.3 Å². The molecule has 0 spiro atoms. The number of nitrogen functional groups attached to an aromatic ring is 1. The Balaban J connectivity index is 1.17. The average molecular weight is 493 g/mol. The van der Waals surface area contributed by atoms with Crippen LogP contribution in [0.5, 0.6) is 0 Å². The maximum absolute atomic E-state index is 12.4. The van der Waals surface area contributed by atoms with Gasteiger partial charge in [-0.25, -0.2) is 4.98 Å². The summed E-state index contributed by atoms with van der Waals surface area (Å²) in [4.78, 5) is 34.9. The zero-order valence-corrected chi connectivity index (χ0v) is 20.4. The molecule has 0 radical (unpaired) electrons. The van der Waals surface area contributed by atoms with Gasteiger partial charge in [-0.2, -0.15) is 0 Å². The fraction of sp³-hybridized carbons (Fsp3) is 0.172. The van der Waals surface area contributed by atoms with Gasteiger partial charge in [-0.1, -0.05) is 24.3 Å². The second-order valence-corrected chi connectivity index (χ2v) is 9.00. The number of anilines is 5. The lowest BCUT2D eigenvalue weighted by Crippen LogP contribution is -2.23. The Hall–Kier alpha value is -4.72. The highest BCUT2D eigenvalue weighted by Crippen LogP contribution is 2.27. The molecule has 1 aliphatic heterocycles. The van der Waals surface area contributed by atoms with Crippen LogP contribution in [0.3, 0.4) is 0 Å². The quantitative estimate of drug-likeness (QED) is 0.293. The molecule has 4 N–H and O–H groups in total. The Morgan fingerprint density at radius 1 is 0.919 bits per heavy atom. The van der Waals surface area contributed by atoms with Gasteiger partial charge in [0.05, 0.1) is 23.8 Å². The van der Waals surface area contributed by atoms with Gasteiger partial charge < -0.3 is 21.3 Å². The molecule has 2 aromatic carbocycles. The molecular weight excluding hydrogens is 464 g/mol. The lowest BCUT2D eigenvalue weighted by molar-refractivity contribution is -0.117. The van der Waals surface area contributed by atoms with Crippen LogP contribution in [0.4, 0.5) is 28.6 Å². The number of amides is 2. The number of benzene rings is 2. The number of carbonyl (C=O) groups excluding carboxylic acids is 2. The molecule has 3 heterocycles. The van der Waals surface area contributed by atoms with Crippen molar-refractivity contribution in [1.29, 1.82) is 0 Å². The third kappa shape index (κ3) is 6.10. The van der Waals surface area contributed by atoms with Crippen LogP contribution >= 0.6 is 0 Å². The van der Waals surface area contributed by atoms with Gasteiger partial charge in [-0.3, -0.25) is 14.6 Å². The first-order valence-corrected chi connectivity index (χ1v) is 12.3. The minimum Gasteiger partial charge on any atom is -0.399 e. The van der Waals surface area contributed by atoms with E-state index < -0.39 is 0 Å². The number of hydrogen-bond acceptors (Lipinski definition) is 6. The normalized spacial score (nSPS) is 13.0. The first kappa shape index (κ1) is 24.0. The summed E-state index contributed by atoms with van der Waals surface area (Å²) in [7, 11) is 0. The molecule has 4 aromatic rings. The third-order valence-corrected chi connectivity index (χ3v) is 6.26. The van der Waals surface area contributed by atoms with Gasteiger partial charge in [0.15, 0.2) is 0 Å². The van der Waals surface area contributed by atoms with E-state index in [-0.39, 0.29) is 11.8 Å². The average Bonchev–Trinajstić information content (AvgIpc) is 3.35. The molecule has 8 nitrogen and oxygen atoms in total. The monoisotopic (exact) mass is 492 g/mol. The van der Waals surface area contributed by atoms with Crippen LogP contribution in [0.15, 0.2) is 85.3 Å². The maximum atomic E-state index is 12.4. The molecule has 1 fully saturated rings. The summed E-state index contributed by atoms with van der Waals surface area (Å²) in [5.41, 5.74) is 11.7. The van der Waals surface area contributed by atoms with Crippen molar-refractivity contribution in [2.24, 2.45) is 0 Å². The van der Waals surface area contributed by atoms with E-state index in [1.165, 1.54) is 0 Å². The van der Waals surface area contributed by atoms with E-state index in [9.17, 15) is 9.59 Å². The standard InChI is InChI=1S/C29H28N6O2/c30-23-9-3-20(4-10-23)5-14-28(36)34-25-16-24(18-31-19-25)33-27-13-8-22(17-32-27)21-6-11-26(12-7-21)35-15-1-2-29(35)37/h3-4,6-13,16-19H,1-2,5,14-15,30H2,(H,32,33)(H,34,36). The summed E-state index contributed by atoms with van der Waals surface area (Å²) < 4.78 is 0. The number of aromatic nitrogens is 2. The van der Waals surface area contributed by atoms with E-state index >= 15 is 0 Å². The number of nitrogens with two attached hydrogens (primary N) is 1. The molecule has 37 heavy (non-hydrogen) atoms. The van der Waals surface area contributed by atoms with Gasteiger partial charge in [0.2, 0.25) is 11.8 Å². The van der Waals surface area contributed by atoms with Crippen LogP contribution in [0.1, 0.15) is 24.8 Å². The highest BCUT2D eigenvalue weighted by atomic mass is 16.2. The summed E-state index contributed by atoms with van der Waals surface area (Å²) in [6, 6.07) is 21.2. The fourth-order valence-corrected chi connectivity index (χ4v) is 4.28. The number of nitrogens with one attached hydrogen (secondary N) is 2. The predicted octanol–water partition coefficient (Wildman–Crippen LogP) is 5.17. The summed E-state index contributed by atoms with van der Waals surface area (Å²) in [5.74, 6) is 0.760. The first-order valence-electron chi connectivity index (χ1n) is 12.3. The van der Waals surface area contributed by atoms with Gasteiger partial charge in [-0.05, 0) is 66.4 Å². The van der Waals surface area contributed by atoms with Crippen LogP contribution in [-0.4, -0.2) is 28.3 Å². The molecule has 0 unspecified atom stereocenters. The molecular formula is C29H28N6O2. The van der Waals surface area contributed by atoms with Crippen LogP contribution in [0, 0.1) is 0 Å². The van der Waals surface area contributed by atoms with E-state index in [1.54, 1.807) is 18.6 Å². The van der Waals surface area contributed by atoms with Crippen molar-refractivity contribution >= 4 is 40.4 Å². The number of hydrogen-bond donors (Lipinski definition) is 3. The van der Waals surface area contributed by atoms with Gasteiger partial charge in [-0.15, -0.1) is 0 Å². The van der Waals surface area contributed by atoms with Crippen molar-refractivity contribution in [2.75, 3.05) is 27.8 Å². The van der Waals surface area contributed by atoms with Crippen molar-refractivity contribution in [3.8, 4) is 11.1 Å². The maximum Gasteiger partial charge on any atom is 0.227 e. The molecule has 1 saturated heterocycles. The third-order valence-electron chi connectivity index (χ3n) is 6.26. The summed E-state index contributed by atoms with van der Waals surface area (Å²) in [5, 5.41) is 6.13. The molecule has 0 atom stereocenters. The number of aryl methyl sites for hydroxylation is 1. The van der Waals surface area contributed by atoms with Crippen LogP contribution in [0.2, 0.25) is 0 Å². The molecule has 0 aliphatic carbocycles. The number of nitrogens with zero attached hydrogens (tertiary/aromatic N) is 3. The highest BCUT2D eigenvalue weighted by Gasteiger charge is 2.21. The number of carbonyl (C=O) groups is 2. The van der Waals surface area contributed by atoms with Crippen molar-refractivity contribution in [3.63, 3.8) is 0 Å². The van der Waals surface area contributed by atoms with Crippen molar-refractivity contribution in [3.05, 3.63) is 90.9 Å². The topological polar surface area (TPSA) is 113 Å². The van der Waals surface area contributed by atoms with Gasteiger partial charge in [0.1, 0.15) is 5.82 Å². The molecule has 2 amide bonds. The Labute approximate surface area is 215 Å². The Kier molecular flexibility index (Phi) is 7.07. The van der Waals surface area contributed by atoms with Crippen LogP contribution in [-0.2, 0) is 16.0 Å². The van der Waals surface area contributed by atoms with Gasteiger partial charge in [0, 0.05) is 42.5 Å². The molecule has 0 bridgehead atoms. The Morgan fingerprint density at radius 2 is 1.68 bits per heavy atom. The summed E-state index contributed by atoms with van der Waals surface area (Å²) in [6.45, 7) is 0.781. The van der Waals surface area contributed by atoms with Crippen LogP contribution in [0.25, 0.3) is 11.1 Å². The largest absolute Gasteiger partial charge is 0.399 e. The summed E-state index contributed by atoms with van der Waals surface area (Å²) >= 11 is 0. The second kappa shape index (κ2) is 10.9. The smallest absolute Gasteiger partial charge is 0.227 e. The van der Waals surface area contributed by atoms with E-state index in [4.69, 9.17) is 5.73 Å². The number of pyridine rings is 2. The molecule has 8 heteroatoms. The van der Waals surface area contributed by atoms with E-state index in [0.29, 0.717) is 36.5 Å². The molecule has 0 saturated carbocycles. The molecule has 2 aromatic heterocycles. The Morgan fingerprint density at radius 3 is 2.38 bits per heavy atom. The van der Waals surface area contributed by atoms with E-state index in [0.717, 1.165) is 41.0 Å². The zero-order chi connectivity index (χ0) is 25.6. The summed E-state index contributed by atoms with van der Waals surface area (Å²) in [6.07, 6.45) is 7.62. The minimum atomic E-state index is -0.0848. The number of rotatable bonds is 8. The first-order chi connectivity index (χ1) is 18.0. The Bertz CT molecular complexity index is 1390. The highest BCUT2D eigenvalue weighted by molar-refractivity contribution is 5.95. The molecule has 186 valence electrons. The van der Waals surface area contributed by atoms with Crippen molar-refractivity contribution in [2.45, 2.75) is 25.7 Å². The van der Waals surface area contributed by atoms with Crippen molar-refractivity contribution in [1.82, 2.24) is 9.97 Å².